The van der Waals surface area contributed by atoms with Crippen molar-refractivity contribution in [3.05, 3.63) is 11.3 Å². The van der Waals surface area contributed by atoms with Gasteiger partial charge in [0, 0.05) is 11.3 Å². The Balaban J connectivity index is 4.28. The number of hydrogen-bond acceptors (Lipinski definition) is 2. The number of carbonyl (C=O) groups excluding carboxylic acids is 1. The molecule has 3 nitrogen and oxygen atoms in total. The molecule has 0 aliphatic rings. The van der Waals surface area contributed by atoms with Gasteiger partial charge in [-0.25, -0.2) is 0 Å². The predicted octanol–water partition coefficient (Wildman–Crippen LogP) is 0.114. The van der Waals surface area contributed by atoms with E-state index in [0.29, 0.717) is 17.7 Å². The van der Waals surface area contributed by atoms with Crippen molar-refractivity contribution in [1.82, 2.24) is 0 Å². The lowest BCUT2D eigenvalue weighted by Gasteiger charge is -1.98. The van der Waals surface area contributed by atoms with E-state index in [1.54, 1.807) is 6.92 Å². The zero-order chi connectivity index (χ0) is 7.44. The summed E-state index contributed by atoms with van der Waals surface area (Å²) in [7, 11) is 0. The molecule has 0 saturated heterocycles. The Bertz CT molecular complexity index is 149. The lowest BCUT2D eigenvalue weighted by atomic mass is 10.2. The molecule has 0 rings (SSSR count). The van der Waals surface area contributed by atoms with Crippen LogP contribution in [0.4, 0.5) is 0 Å². The van der Waals surface area contributed by atoms with Gasteiger partial charge in [-0.15, -0.1) is 0 Å². The summed E-state index contributed by atoms with van der Waals surface area (Å²) < 4.78 is 0. The van der Waals surface area contributed by atoms with E-state index in [4.69, 9.17) is 11.5 Å². The summed E-state index contributed by atoms with van der Waals surface area (Å²) in [6, 6.07) is 0. The van der Waals surface area contributed by atoms with Crippen molar-refractivity contribution in [2.24, 2.45) is 11.5 Å². The molecule has 0 radical (unpaired) electrons. The largest absolute Gasteiger partial charge is 0.402 e. The lowest BCUT2D eigenvalue weighted by Crippen LogP contribution is -2.16. The average molecular weight is 128 g/mol. The summed E-state index contributed by atoms with van der Waals surface area (Å²) in [6.45, 7) is 3.50. The van der Waals surface area contributed by atoms with Gasteiger partial charge in [0.2, 0.25) is 5.91 Å². The van der Waals surface area contributed by atoms with Crippen LogP contribution in [0.15, 0.2) is 11.3 Å². The molecule has 3 heteroatoms. The lowest BCUT2D eigenvalue weighted by molar-refractivity contribution is -0.114. The summed E-state index contributed by atoms with van der Waals surface area (Å²) >= 11 is 0. The fraction of sp³-hybridized carbons (Fsp3) is 0.500. The van der Waals surface area contributed by atoms with E-state index in [1.165, 1.54) is 0 Å². The number of hydrogen-bond donors (Lipinski definition) is 2. The van der Waals surface area contributed by atoms with Crippen LogP contribution in [-0.4, -0.2) is 5.91 Å². The van der Waals surface area contributed by atoms with Crippen LogP contribution < -0.4 is 11.5 Å². The molecule has 0 aromatic carbocycles. The monoisotopic (exact) mass is 128 g/mol. The molecule has 0 unspecified atom stereocenters. The topological polar surface area (TPSA) is 69.1 Å². The molecular weight excluding hydrogens is 116 g/mol. The Labute approximate surface area is 54.7 Å². The average Bonchev–Trinajstić information content (AvgIpc) is 1.84. The first-order valence-corrected chi connectivity index (χ1v) is 2.84. The van der Waals surface area contributed by atoms with Gasteiger partial charge in [-0.1, -0.05) is 6.92 Å². The van der Waals surface area contributed by atoms with Crippen LogP contribution in [0.25, 0.3) is 0 Å². The second kappa shape index (κ2) is 3.12. The van der Waals surface area contributed by atoms with E-state index in [0.717, 1.165) is 0 Å². The molecule has 0 atom stereocenters. The Hall–Kier alpha value is -0.990. The van der Waals surface area contributed by atoms with Crippen LogP contribution in [0.2, 0.25) is 0 Å². The SMILES string of the molecule is CC/C(N)=C(/C)C(N)=O. The fourth-order valence-corrected chi connectivity index (χ4v) is 0.423. The molecule has 0 aromatic heterocycles. The second-order valence-corrected chi connectivity index (χ2v) is 1.87. The highest BCUT2D eigenvalue weighted by Gasteiger charge is 2.00. The number of carbonyl (C=O) groups is 1. The third kappa shape index (κ3) is 2.17. The molecule has 9 heavy (non-hydrogen) atoms. The molecule has 0 aliphatic carbocycles. The van der Waals surface area contributed by atoms with E-state index in [2.05, 4.69) is 0 Å². The molecule has 0 fully saturated rings. The fourth-order valence-electron chi connectivity index (χ4n) is 0.423. The second-order valence-electron chi connectivity index (χ2n) is 1.87. The minimum atomic E-state index is -0.436. The van der Waals surface area contributed by atoms with Crippen molar-refractivity contribution in [1.29, 1.82) is 0 Å². The minimum absolute atomic E-state index is 0.436. The van der Waals surface area contributed by atoms with Crippen molar-refractivity contribution in [3.63, 3.8) is 0 Å². The summed E-state index contributed by atoms with van der Waals surface area (Å²) in [4.78, 5) is 10.4. The standard InChI is InChI=1S/C6H12N2O/c1-3-5(7)4(2)6(8)9/h3,7H2,1-2H3,(H2,8,9)/b5-4+. The summed E-state index contributed by atoms with van der Waals surface area (Å²) in [5.41, 5.74) is 11.4. The molecule has 0 spiro atoms. The van der Waals surface area contributed by atoms with Crippen molar-refractivity contribution < 1.29 is 4.79 Å². The summed E-state index contributed by atoms with van der Waals surface area (Å²) in [6.07, 6.45) is 0.675. The molecule has 52 valence electrons. The van der Waals surface area contributed by atoms with Gasteiger partial charge in [0.1, 0.15) is 0 Å². The summed E-state index contributed by atoms with van der Waals surface area (Å²) in [5, 5.41) is 0. The van der Waals surface area contributed by atoms with Crippen LogP contribution in [-0.2, 0) is 4.79 Å². The highest BCUT2D eigenvalue weighted by molar-refractivity contribution is 5.91. The van der Waals surface area contributed by atoms with Crippen LogP contribution in [0, 0.1) is 0 Å². The maximum atomic E-state index is 10.4. The van der Waals surface area contributed by atoms with Crippen molar-refractivity contribution in [3.8, 4) is 0 Å². The number of nitrogens with two attached hydrogens (primary N) is 2. The number of allylic oxidation sites excluding steroid dienone is 1. The molecule has 1 amide bonds. The zero-order valence-corrected chi connectivity index (χ0v) is 5.77. The molecule has 4 N–H and O–H groups in total. The predicted molar refractivity (Wildman–Crippen MR) is 36.4 cm³/mol. The summed E-state index contributed by atoms with van der Waals surface area (Å²) in [5.74, 6) is -0.436. The van der Waals surface area contributed by atoms with Gasteiger partial charge in [-0.05, 0) is 13.3 Å². The number of rotatable bonds is 2. The van der Waals surface area contributed by atoms with Crippen molar-refractivity contribution in [2.45, 2.75) is 20.3 Å². The number of primary amides is 1. The maximum Gasteiger partial charge on any atom is 0.246 e. The van der Waals surface area contributed by atoms with Crippen molar-refractivity contribution in [2.75, 3.05) is 0 Å². The Morgan fingerprint density at radius 3 is 2.00 bits per heavy atom. The third-order valence-corrected chi connectivity index (χ3v) is 1.23. The van der Waals surface area contributed by atoms with Gasteiger partial charge in [-0.3, -0.25) is 4.79 Å². The molecule has 0 aliphatic heterocycles. The van der Waals surface area contributed by atoms with E-state index in [1.807, 2.05) is 6.92 Å². The first kappa shape index (κ1) is 8.01. The van der Waals surface area contributed by atoms with Crippen LogP contribution in [0.5, 0.6) is 0 Å². The van der Waals surface area contributed by atoms with E-state index < -0.39 is 5.91 Å². The molecule has 0 bridgehead atoms. The maximum absolute atomic E-state index is 10.4. The van der Waals surface area contributed by atoms with E-state index >= 15 is 0 Å². The van der Waals surface area contributed by atoms with Gasteiger partial charge in [0.05, 0.1) is 0 Å². The first-order chi connectivity index (χ1) is 4.09. The van der Waals surface area contributed by atoms with Gasteiger partial charge in [-0.2, -0.15) is 0 Å². The molecule has 0 aromatic rings. The highest BCUT2D eigenvalue weighted by Crippen LogP contribution is 1.99. The Morgan fingerprint density at radius 2 is 1.89 bits per heavy atom. The van der Waals surface area contributed by atoms with E-state index in [-0.39, 0.29) is 0 Å². The normalized spacial score (nSPS) is 12.7. The van der Waals surface area contributed by atoms with Crippen molar-refractivity contribution >= 4 is 5.91 Å². The smallest absolute Gasteiger partial charge is 0.246 e. The van der Waals surface area contributed by atoms with Gasteiger partial charge in [0.25, 0.3) is 0 Å². The third-order valence-electron chi connectivity index (χ3n) is 1.23. The van der Waals surface area contributed by atoms with Crippen LogP contribution >= 0.6 is 0 Å². The van der Waals surface area contributed by atoms with Gasteiger partial charge < -0.3 is 11.5 Å². The Kier molecular flexibility index (Phi) is 2.78. The zero-order valence-electron chi connectivity index (χ0n) is 5.77. The van der Waals surface area contributed by atoms with Gasteiger partial charge in [0.15, 0.2) is 0 Å². The molecule has 0 saturated carbocycles. The Morgan fingerprint density at radius 1 is 1.44 bits per heavy atom. The minimum Gasteiger partial charge on any atom is -0.402 e. The van der Waals surface area contributed by atoms with Crippen LogP contribution in [0.3, 0.4) is 0 Å². The highest BCUT2D eigenvalue weighted by atomic mass is 16.1. The van der Waals surface area contributed by atoms with E-state index in [9.17, 15) is 4.79 Å². The number of amides is 1. The van der Waals surface area contributed by atoms with Crippen LogP contribution in [0.1, 0.15) is 20.3 Å². The molecular formula is C6H12N2O. The quantitative estimate of drug-likeness (QED) is 0.518. The first-order valence-electron chi connectivity index (χ1n) is 2.84. The van der Waals surface area contributed by atoms with Gasteiger partial charge >= 0.3 is 0 Å². The molecule has 0 heterocycles.